The molecule has 0 saturated carbocycles. The first-order valence-corrected chi connectivity index (χ1v) is 5.75. The van der Waals surface area contributed by atoms with Gasteiger partial charge in [-0.2, -0.15) is 4.98 Å². The molecule has 5 heteroatoms. The number of aromatic nitrogens is 2. The maximum Gasteiger partial charge on any atom is 0.303 e. The number of rotatable bonds is 8. The maximum absolute atomic E-state index is 10.3. The molecule has 1 heterocycles. The van der Waals surface area contributed by atoms with Crippen LogP contribution in [0.3, 0.4) is 0 Å². The van der Waals surface area contributed by atoms with E-state index in [2.05, 4.69) is 17.1 Å². The van der Waals surface area contributed by atoms with E-state index < -0.39 is 5.97 Å². The van der Waals surface area contributed by atoms with Gasteiger partial charge in [0.05, 0.1) is 0 Å². The van der Waals surface area contributed by atoms with Crippen molar-refractivity contribution < 1.29 is 14.4 Å². The van der Waals surface area contributed by atoms with Gasteiger partial charge in [0.25, 0.3) is 0 Å². The lowest BCUT2D eigenvalue weighted by atomic mass is 10.2. The van der Waals surface area contributed by atoms with Crippen molar-refractivity contribution in [2.45, 2.75) is 51.9 Å². The number of unbranched alkanes of at least 4 members (excludes halogenated alkanes) is 2. The molecule has 1 N–H and O–H groups in total. The molecule has 0 saturated heterocycles. The normalized spacial score (nSPS) is 10.6. The first-order chi connectivity index (χ1) is 7.72. The summed E-state index contributed by atoms with van der Waals surface area (Å²) in [5.41, 5.74) is 0. The van der Waals surface area contributed by atoms with E-state index in [1.807, 2.05) is 0 Å². The monoisotopic (exact) mass is 226 g/mol. The molecule has 0 aliphatic heterocycles. The fraction of sp³-hybridized carbons (Fsp3) is 0.727. The molecule has 0 spiro atoms. The largest absolute Gasteiger partial charge is 0.481 e. The van der Waals surface area contributed by atoms with Gasteiger partial charge in [0, 0.05) is 19.3 Å². The zero-order chi connectivity index (χ0) is 11.8. The van der Waals surface area contributed by atoms with E-state index in [4.69, 9.17) is 9.63 Å². The maximum atomic E-state index is 10.3. The van der Waals surface area contributed by atoms with Crippen LogP contribution < -0.4 is 0 Å². The number of hydrogen-bond donors (Lipinski definition) is 1. The lowest BCUT2D eigenvalue weighted by molar-refractivity contribution is -0.137. The van der Waals surface area contributed by atoms with Crippen molar-refractivity contribution in [2.75, 3.05) is 0 Å². The van der Waals surface area contributed by atoms with Crippen LogP contribution in [0, 0.1) is 0 Å². The predicted octanol–water partition coefficient (Wildman–Crippen LogP) is 2.21. The number of aliphatic carboxylic acids is 1. The van der Waals surface area contributed by atoms with E-state index in [1.165, 1.54) is 12.8 Å². The van der Waals surface area contributed by atoms with Crippen LogP contribution >= 0.6 is 0 Å². The minimum absolute atomic E-state index is 0.146. The van der Waals surface area contributed by atoms with Crippen LogP contribution in [0.4, 0.5) is 0 Å². The van der Waals surface area contributed by atoms with Crippen LogP contribution in [0.2, 0.25) is 0 Å². The fourth-order valence-corrected chi connectivity index (χ4v) is 1.42. The van der Waals surface area contributed by atoms with Gasteiger partial charge in [0.2, 0.25) is 5.89 Å². The van der Waals surface area contributed by atoms with Crippen molar-refractivity contribution in [3.8, 4) is 0 Å². The molecule has 5 nitrogen and oxygen atoms in total. The highest BCUT2D eigenvalue weighted by atomic mass is 16.5. The number of hydrogen-bond acceptors (Lipinski definition) is 4. The molecule has 0 aliphatic rings. The van der Waals surface area contributed by atoms with Gasteiger partial charge >= 0.3 is 5.97 Å². The van der Waals surface area contributed by atoms with E-state index in [0.29, 0.717) is 18.7 Å². The molecule has 0 aromatic carbocycles. The molecule has 1 aromatic heterocycles. The Balaban J connectivity index is 2.25. The van der Waals surface area contributed by atoms with E-state index in [1.54, 1.807) is 0 Å². The van der Waals surface area contributed by atoms with Gasteiger partial charge in [-0.25, -0.2) is 0 Å². The zero-order valence-corrected chi connectivity index (χ0v) is 9.61. The van der Waals surface area contributed by atoms with E-state index >= 15 is 0 Å². The van der Waals surface area contributed by atoms with Crippen LogP contribution in [0.5, 0.6) is 0 Å². The Kier molecular flexibility index (Phi) is 5.53. The lowest BCUT2D eigenvalue weighted by Crippen LogP contribution is -1.96. The Morgan fingerprint density at radius 3 is 2.81 bits per heavy atom. The summed E-state index contributed by atoms with van der Waals surface area (Å²) in [4.78, 5) is 14.5. The van der Waals surface area contributed by atoms with Crippen molar-refractivity contribution in [3.63, 3.8) is 0 Å². The van der Waals surface area contributed by atoms with Crippen LogP contribution in [-0.2, 0) is 17.6 Å². The lowest BCUT2D eigenvalue weighted by Gasteiger charge is -1.92. The first kappa shape index (κ1) is 12.7. The summed E-state index contributed by atoms with van der Waals surface area (Å²) in [6, 6.07) is 0. The summed E-state index contributed by atoms with van der Waals surface area (Å²) in [6.07, 6.45) is 5.50. The third kappa shape index (κ3) is 4.91. The SMILES string of the molecule is CCCCCc1noc(CCCC(=O)O)n1. The average molecular weight is 226 g/mol. The second kappa shape index (κ2) is 6.98. The second-order valence-electron chi connectivity index (χ2n) is 3.81. The standard InChI is InChI=1S/C11H18N2O3/c1-2-3-4-6-9-12-10(16-13-9)7-5-8-11(14)15/h2-8H2,1H3,(H,14,15). The molecule has 0 radical (unpaired) electrons. The molecule has 0 bridgehead atoms. The summed E-state index contributed by atoms with van der Waals surface area (Å²) >= 11 is 0. The number of nitrogens with zero attached hydrogens (tertiary/aromatic N) is 2. The zero-order valence-electron chi connectivity index (χ0n) is 9.61. The van der Waals surface area contributed by atoms with Gasteiger partial charge in [-0.05, 0) is 12.8 Å². The van der Waals surface area contributed by atoms with Gasteiger partial charge < -0.3 is 9.63 Å². The quantitative estimate of drug-likeness (QED) is 0.688. The van der Waals surface area contributed by atoms with Gasteiger partial charge in [-0.1, -0.05) is 24.9 Å². The molecule has 0 amide bonds. The number of carbonyl (C=O) groups is 1. The Morgan fingerprint density at radius 1 is 1.31 bits per heavy atom. The molecule has 1 rings (SSSR count). The van der Waals surface area contributed by atoms with E-state index in [9.17, 15) is 4.79 Å². The third-order valence-corrected chi connectivity index (χ3v) is 2.30. The predicted molar refractivity (Wildman–Crippen MR) is 58.1 cm³/mol. The van der Waals surface area contributed by atoms with Crippen molar-refractivity contribution in [3.05, 3.63) is 11.7 Å². The highest BCUT2D eigenvalue weighted by Gasteiger charge is 2.06. The Bertz CT molecular complexity index is 323. The topological polar surface area (TPSA) is 76.2 Å². The molecule has 0 fully saturated rings. The van der Waals surface area contributed by atoms with Gasteiger partial charge in [-0.15, -0.1) is 0 Å². The first-order valence-electron chi connectivity index (χ1n) is 5.75. The molecule has 0 atom stereocenters. The number of aryl methyl sites for hydroxylation is 2. The highest BCUT2D eigenvalue weighted by Crippen LogP contribution is 2.06. The number of carboxylic acid groups (broad SMARTS) is 1. The molecular formula is C11H18N2O3. The van der Waals surface area contributed by atoms with Gasteiger partial charge in [0.1, 0.15) is 0 Å². The summed E-state index contributed by atoms with van der Waals surface area (Å²) < 4.78 is 5.02. The molecule has 16 heavy (non-hydrogen) atoms. The van der Waals surface area contributed by atoms with Crippen molar-refractivity contribution in [1.82, 2.24) is 10.1 Å². The smallest absolute Gasteiger partial charge is 0.303 e. The van der Waals surface area contributed by atoms with E-state index in [-0.39, 0.29) is 6.42 Å². The highest BCUT2D eigenvalue weighted by molar-refractivity contribution is 5.66. The fourth-order valence-electron chi connectivity index (χ4n) is 1.42. The summed E-state index contributed by atoms with van der Waals surface area (Å²) in [5.74, 6) is 0.495. The summed E-state index contributed by atoms with van der Waals surface area (Å²) in [6.45, 7) is 2.15. The average Bonchev–Trinajstić information content (AvgIpc) is 2.66. The summed E-state index contributed by atoms with van der Waals surface area (Å²) in [5, 5.41) is 12.3. The van der Waals surface area contributed by atoms with Crippen molar-refractivity contribution in [1.29, 1.82) is 0 Å². The number of carboxylic acids is 1. The minimum Gasteiger partial charge on any atom is -0.481 e. The van der Waals surface area contributed by atoms with Crippen molar-refractivity contribution >= 4 is 5.97 Å². The van der Waals surface area contributed by atoms with E-state index in [0.717, 1.165) is 18.7 Å². The molecule has 1 aromatic rings. The second-order valence-corrected chi connectivity index (χ2v) is 3.81. The Labute approximate surface area is 94.9 Å². The Morgan fingerprint density at radius 2 is 2.12 bits per heavy atom. The molecular weight excluding hydrogens is 208 g/mol. The van der Waals surface area contributed by atoms with Crippen molar-refractivity contribution in [2.24, 2.45) is 0 Å². The van der Waals surface area contributed by atoms with Gasteiger partial charge in [-0.3, -0.25) is 4.79 Å². The van der Waals surface area contributed by atoms with Crippen LogP contribution in [0.1, 0.15) is 50.7 Å². The third-order valence-electron chi connectivity index (χ3n) is 2.30. The van der Waals surface area contributed by atoms with Gasteiger partial charge in [0.15, 0.2) is 5.82 Å². The molecule has 0 aliphatic carbocycles. The minimum atomic E-state index is -0.789. The Hall–Kier alpha value is -1.39. The molecule has 0 unspecified atom stereocenters. The summed E-state index contributed by atoms with van der Waals surface area (Å²) in [7, 11) is 0. The molecule has 90 valence electrons. The van der Waals surface area contributed by atoms with Crippen LogP contribution in [0.25, 0.3) is 0 Å². The van der Waals surface area contributed by atoms with Crippen LogP contribution in [0.15, 0.2) is 4.52 Å². The van der Waals surface area contributed by atoms with Crippen LogP contribution in [-0.4, -0.2) is 21.2 Å².